The first kappa shape index (κ1) is 24.5. The second kappa shape index (κ2) is 10.6. The second-order valence-corrected chi connectivity index (χ2v) is 9.69. The number of aryl methyl sites for hydroxylation is 1. The molecule has 3 rings (SSSR count). The number of alkyl carbamates (subject to hydrolysis) is 1. The summed E-state index contributed by atoms with van der Waals surface area (Å²) < 4.78 is 5.37. The van der Waals surface area contributed by atoms with Crippen molar-refractivity contribution in [3.8, 4) is 0 Å². The number of carbonyl (C=O) groups is 1. The first-order chi connectivity index (χ1) is 15.6. The number of hydrogen-bond acceptors (Lipinski definition) is 7. The molecule has 0 spiro atoms. The number of carbonyl (C=O) groups excluding carboxylic acids is 1. The van der Waals surface area contributed by atoms with Gasteiger partial charge in [0.15, 0.2) is 0 Å². The molecule has 8 heteroatoms. The molecule has 1 aromatic heterocycles. The van der Waals surface area contributed by atoms with Crippen LogP contribution < -0.4 is 16.0 Å². The summed E-state index contributed by atoms with van der Waals surface area (Å²) in [7, 11) is 1.78. The minimum absolute atomic E-state index is 0.149. The van der Waals surface area contributed by atoms with Crippen molar-refractivity contribution >= 4 is 23.6 Å². The van der Waals surface area contributed by atoms with Crippen LogP contribution in [0.2, 0.25) is 0 Å². The molecule has 4 N–H and O–H groups in total. The van der Waals surface area contributed by atoms with Gasteiger partial charge in [0.25, 0.3) is 0 Å². The highest BCUT2D eigenvalue weighted by Crippen LogP contribution is 2.26. The molecule has 33 heavy (non-hydrogen) atoms. The second-order valence-electron chi connectivity index (χ2n) is 9.69. The Morgan fingerprint density at radius 3 is 2.42 bits per heavy atom. The van der Waals surface area contributed by atoms with E-state index >= 15 is 0 Å². The summed E-state index contributed by atoms with van der Waals surface area (Å²) in [5, 5.41) is 18.1. The van der Waals surface area contributed by atoms with Gasteiger partial charge in [0.2, 0.25) is 5.95 Å². The van der Waals surface area contributed by atoms with Crippen LogP contribution in [0.3, 0.4) is 0 Å². The van der Waals surface area contributed by atoms with Crippen molar-refractivity contribution in [1.29, 1.82) is 5.41 Å². The van der Waals surface area contributed by atoms with E-state index in [0.717, 1.165) is 43.4 Å². The van der Waals surface area contributed by atoms with Gasteiger partial charge in [0.05, 0.1) is 11.3 Å². The molecule has 0 bridgehead atoms. The molecule has 2 aromatic rings. The van der Waals surface area contributed by atoms with E-state index in [4.69, 9.17) is 10.1 Å². The first-order valence-electron chi connectivity index (χ1n) is 11.6. The summed E-state index contributed by atoms with van der Waals surface area (Å²) >= 11 is 0. The summed E-state index contributed by atoms with van der Waals surface area (Å²) in [4.78, 5) is 20.9. The van der Waals surface area contributed by atoms with Gasteiger partial charge in [-0.15, -0.1) is 0 Å². The number of anilines is 2. The molecule has 1 aliphatic rings. The largest absolute Gasteiger partial charge is 0.444 e. The molecule has 178 valence electrons. The van der Waals surface area contributed by atoms with E-state index in [2.05, 4.69) is 25.9 Å². The van der Waals surface area contributed by atoms with Crippen LogP contribution in [0.25, 0.3) is 0 Å². The lowest BCUT2D eigenvalue weighted by Gasteiger charge is -2.30. The van der Waals surface area contributed by atoms with Crippen LogP contribution in [-0.4, -0.2) is 47.0 Å². The minimum atomic E-state index is -0.487. The van der Waals surface area contributed by atoms with E-state index < -0.39 is 5.60 Å². The van der Waals surface area contributed by atoms with Crippen LogP contribution in [0, 0.1) is 18.3 Å². The van der Waals surface area contributed by atoms with Gasteiger partial charge >= 0.3 is 6.09 Å². The van der Waals surface area contributed by atoms with Crippen LogP contribution in [0.1, 0.15) is 63.1 Å². The van der Waals surface area contributed by atoms with Gasteiger partial charge in [-0.2, -0.15) is 4.98 Å². The highest BCUT2D eigenvalue weighted by molar-refractivity contribution is 6.13. The molecule has 1 saturated carbocycles. The lowest BCUT2D eigenvalue weighted by molar-refractivity contribution is 0.0488. The van der Waals surface area contributed by atoms with Gasteiger partial charge in [-0.1, -0.05) is 29.8 Å². The third kappa shape index (κ3) is 7.17. The summed E-state index contributed by atoms with van der Waals surface area (Å²) in [5.41, 5.74) is 2.57. The fourth-order valence-corrected chi connectivity index (χ4v) is 3.92. The lowest BCUT2D eigenvalue weighted by atomic mass is 9.86. The van der Waals surface area contributed by atoms with E-state index in [1.165, 1.54) is 0 Å². The Kier molecular flexibility index (Phi) is 7.89. The highest BCUT2D eigenvalue weighted by atomic mass is 16.6. The molecule has 1 heterocycles. The molecule has 0 atom stereocenters. The number of benzene rings is 1. The van der Waals surface area contributed by atoms with Gasteiger partial charge < -0.3 is 20.7 Å². The van der Waals surface area contributed by atoms with Gasteiger partial charge in [-0.3, -0.25) is 5.41 Å². The van der Waals surface area contributed by atoms with Crippen molar-refractivity contribution in [1.82, 2.24) is 15.3 Å². The fraction of sp³-hybridized carbons (Fsp3) is 0.520. The lowest BCUT2D eigenvalue weighted by Crippen LogP contribution is -2.41. The van der Waals surface area contributed by atoms with Crippen LogP contribution in [0.5, 0.6) is 0 Å². The zero-order chi connectivity index (χ0) is 24.0. The molecule has 1 amide bonds. The van der Waals surface area contributed by atoms with Crippen molar-refractivity contribution in [2.75, 3.05) is 24.2 Å². The minimum Gasteiger partial charge on any atom is -0.444 e. The maximum atomic E-state index is 12.0. The number of nitrogens with one attached hydrogen (secondary N) is 4. The number of nitrogens with zero attached hydrogens (tertiary/aromatic N) is 2. The van der Waals surface area contributed by atoms with Crippen LogP contribution in [-0.2, 0) is 4.74 Å². The smallest absolute Gasteiger partial charge is 0.407 e. The molecule has 0 saturated heterocycles. The number of ether oxygens (including phenoxy) is 1. The Labute approximate surface area is 196 Å². The van der Waals surface area contributed by atoms with Crippen molar-refractivity contribution in [2.24, 2.45) is 5.92 Å². The highest BCUT2D eigenvalue weighted by Gasteiger charge is 2.25. The third-order valence-electron chi connectivity index (χ3n) is 5.75. The number of rotatable bonds is 7. The maximum absolute atomic E-state index is 12.0. The zero-order valence-corrected chi connectivity index (χ0v) is 20.3. The molecule has 1 fully saturated rings. The van der Waals surface area contributed by atoms with E-state index in [1.807, 2.05) is 52.0 Å². The number of hydrogen-bond donors (Lipinski definition) is 4. The Bertz CT molecular complexity index is 960. The quantitative estimate of drug-likeness (QED) is 0.452. The van der Waals surface area contributed by atoms with Crippen molar-refractivity contribution in [3.63, 3.8) is 0 Å². The molecular formula is C25H36N6O2. The molecule has 8 nitrogen and oxygen atoms in total. The van der Waals surface area contributed by atoms with Gasteiger partial charge in [0.1, 0.15) is 11.4 Å². The molecule has 0 radical (unpaired) electrons. The van der Waals surface area contributed by atoms with Gasteiger partial charge in [-0.25, -0.2) is 9.78 Å². The predicted octanol–water partition coefficient (Wildman–Crippen LogP) is 4.74. The van der Waals surface area contributed by atoms with Gasteiger partial charge in [0, 0.05) is 31.4 Å². The average Bonchev–Trinajstić information content (AvgIpc) is 2.77. The number of aromatic nitrogens is 2. The topological polar surface area (TPSA) is 112 Å². The van der Waals surface area contributed by atoms with Gasteiger partial charge in [-0.05, 0) is 59.3 Å². The van der Waals surface area contributed by atoms with Crippen LogP contribution >= 0.6 is 0 Å². The summed E-state index contributed by atoms with van der Waals surface area (Å²) in [6, 6.07) is 8.06. The van der Waals surface area contributed by atoms with E-state index in [0.29, 0.717) is 29.0 Å². The first-order valence-corrected chi connectivity index (χ1v) is 11.6. The predicted molar refractivity (Wildman–Crippen MR) is 132 cm³/mol. The Balaban J connectivity index is 1.59. The fourth-order valence-electron chi connectivity index (χ4n) is 3.92. The van der Waals surface area contributed by atoms with Crippen molar-refractivity contribution in [2.45, 2.75) is 65.0 Å². The molecule has 0 aliphatic heterocycles. The SMILES string of the molecule is CNc1ncc(C(=N)c2ccc(C)cc2)c(NCC2CCC(NC(=O)OC(C)(C)C)CC2)n1. The molecule has 1 aliphatic carbocycles. The zero-order valence-electron chi connectivity index (χ0n) is 20.3. The summed E-state index contributed by atoms with van der Waals surface area (Å²) in [6.07, 6.45) is 5.20. The van der Waals surface area contributed by atoms with Crippen molar-refractivity contribution in [3.05, 3.63) is 47.2 Å². The van der Waals surface area contributed by atoms with E-state index in [-0.39, 0.29) is 12.1 Å². The Morgan fingerprint density at radius 1 is 1.15 bits per heavy atom. The maximum Gasteiger partial charge on any atom is 0.407 e. The average molecular weight is 453 g/mol. The standard InChI is InChI=1S/C25H36N6O2/c1-16-6-10-18(11-7-16)21(26)20-15-29-23(27-5)31-22(20)28-14-17-8-12-19(13-9-17)30-24(32)33-25(2,3)4/h6-7,10-11,15,17,19,26H,8-9,12-14H2,1-5H3,(H,30,32)(H2,27,28,29,31). The van der Waals surface area contributed by atoms with E-state index in [1.54, 1.807) is 13.2 Å². The molecule has 0 unspecified atom stereocenters. The van der Waals surface area contributed by atoms with E-state index in [9.17, 15) is 4.79 Å². The number of amides is 1. The normalized spacial score (nSPS) is 18.3. The monoisotopic (exact) mass is 452 g/mol. The van der Waals surface area contributed by atoms with Crippen LogP contribution in [0.4, 0.5) is 16.6 Å². The summed E-state index contributed by atoms with van der Waals surface area (Å²) in [5.74, 6) is 1.65. The summed E-state index contributed by atoms with van der Waals surface area (Å²) in [6.45, 7) is 8.40. The third-order valence-corrected chi connectivity index (χ3v) is 5.75. The Hall–Kier alpha value is -3.16. The van der Waals surface area contributed by atoms with Crippen LogP contribution in [0.15, 0.2) is 30.5 Å². The Morgan fingerprint density at radius 2 is 1.82 bits per heavy atom. The molecular weight excluding hydrogens is 416 g/mol. The van der Waals surface area contributed by atoms with Crippen molar-refractivity contribution < 1.29 is 9.53 Å². The molecule has 1 aromatic carbocycles.